The fourth-order valence-corrected chi connectivity index (χ4v) is 16.1. The van der Waals surface area contributed by atoms with Crippen molar-refractivity contribution in [2.45, 2.75) is 227 Å². The lowest BCUT2D eigenvalue weighted by molar-refractivity contribution is -0.128. The Morgan fingerprint density at radius 2 is 0.714 bits per heavy atom. The third kappa shape index (κ3) is 12.7. The van der Waals surface area contributed by atoms with Crippen molar-refractivity contribution in [1.29, 1.82) is 0 Å². The molecule has 0 spiro atoms. The second-order valence-corrected chi connectivity index (χ2v) is 26.0. The third-order valence-electron chi connectivity index (χ3n) is 11.9. The molecule has 3 aromatic carbocycles. The van der Waals surface area contributed by atoms with Gasteiger partial charge in [0.1, 0.15) is 72.2 Å². The fraction of sp³-hybridized carbons (Fsp3) is 0.655. The van der Waals surface area contributed by atoms with Gasteiger partial charge in [-0.3, -0.25) is 4.79 Å². The summed E-state index contributed by atoms with van der Waals surface area (Å²) in [4.78, 5) is 15.0. The maximum atomic E-state index is 16.3. The maximum Gasteiger partial charge on any atom is 0.278 e. The van der Waals surface area contributed by atoms with Gasteiger partial charge in [0.2, 0.25) is 0 Å². The molecule has 0 aromatic heterocycles. The maximum absolute atomic E-state index is 16.3. The van der Waals surface area contributed by atoms with Crippen LogP contribution in [0.15, 0.2) is 51.1 Å². The predicted octanol–water partition coefficient (Wildman–Crippen LogP) is 13.7. The summed E-state index contributed by atoms with van der Waals surface area (Å²) in [5, 5.41) is 0. The summed E-state index contributed by atoms with van der Waals surface area (Å²) in [7, 11) is -9.00. The highest BCUT2D eigenvalue weighted by atomic mass is 32.3. The van der Waals surface area contributed by atoms with E-state index in [-0.39, 0.29) is 79.2 Å². The Morgan fingerprint density at radius 3 is 0.914 bits per heavy atom. The molecule has 2 unspecified atom stereocenters. The van der Waals surface area contributed by atoms with Crippen molar-refractivity contribution in [1.82, 2.24) is 0 Å². The minimum absolute atomic E-state index is 0.0223. The van der Waals surface area contributed by atoms with Crippen LogP contribution in [0, 0.1) is 16.7 Å². The zero-order valence-corrected chi connectivity index (χ0v) is 47.3. The van der Waals surface area contributed by atoms with E-state index in [0.717, 1.165) is 0 Å². The van der Waals surface area contributed by atoms with Gasteiger partial charge in [-0.2, -0.15) is 8.42 Å². The Bertz CT molecular complexity index is 2110. The highest BCUT2D eigenvalue weighted by molar-refractivity contribution is 8.33. The molecule has 2 saturated carbocycles. The molecule has 3 aromatic rings. The van der Waals surface area contributed by atoms with E-state index in [1.165, 1.54) is 0 Å². The standard InChI is InChI=1S/C55H84O13S2/c1-31(2)59-41-24-44(62-34(7)8)51(45(25-41)63-35(9)10)70(68-69(57,58)30-55-22-21-40(23-50(55)56)54(55,19)20,52-46(64-36(11)12)26-42(60-32(3)4)27-47(52)65-37(13)14)53-48(66-38(15)16)28-43(61-33(5)6)29-49(53)67-39(17)18/h24-29,31-40H,21-23,30H2,1-20H3. The molecule has 2 atom stereocenters. The smallest absolute Gasteiger partial charge is 0.278 e. The number of Topliss-reactive ketones (excluding diaryl/α,β-unsaturated/α-hetero) is 1. The lowest BCUT2D eigenvalue weighted by atomic mass is 9.70. The fourth-order valence-electron chi connectivity index (χ4n) is 9.57. The molecule has 0 aliphatic heterocycles. The van der Waals surface area contributed by atoms with Gasteiger partial charge < -0.3 is 42.6 Å². The number of carbonyl (C=O) groups excluding carboxylic acids is 1. The van der Waals surface area contributed by atoms with Crippen molar-refractivity contribution < 1.29 is 59.5 Å². The van der Waals surface area contributed by atoms with Gasteiger partial charge in [-0.15, -0.1) is 0 Å². The molecule has 0 N–H and O–H groups in total. The van der Waals surface area contributed by atoms with Crippen LogP contribution in [0.4, 0.5) is 0 Å². The molecule has 0 heterocycles. The van der Waals surface area contributed by atoms with Crippen LogP contribution in [0.2, 0.25) is 0 Å². The number of fused-ring (bicyclic) bond motifs is 2. The molecule has 13 nitrogen and oxygen atoms in total. The second-order valence-electron chi connectivity index (χ2n) is 21.7. The lowest BCUT2D eigenvalue weighted by Gasteiger charge is -2.45. The molecule has 0 amide bonds. The summed E-state index contributed by atoms with van der Waals surface area (Å²) >= 11 is 0. The molecule has 0 radical (unpaired) electrons. The Balaban J connectivity index is 2.26. The number of ether oxygens (including phenoxy) is 9. The van der Waals surface area contributed by atoms with E-state index in [9.17, 15) is 4.79 Å². The molecule has 2 aliphatic carbocycles. The average Bonchev–Trinajstić information content (AvgIpc) is 3.49. The number of rotatable bonds is 25. The molecular weight excluding hydrogens is 933 g/mol. The molecule has 2 aliphatic rings. The van der Waals surface area contributed by atoms with Gasteiger partial charge in [-0.05, 0) is 159 Å². The summed E-state index contributed by atoms with van der Waals surface area (Å²) < 4.78 is 101. The van der Waals surface area contributed by atoms with Gasteiger partial charge in [-0.1, -0.05) is 13.8 Å². The van der Waals surface area contributed by atoms with Gasteiger partial charge in [-0.25, -0.2) is 3.63 Å². The molecule has 15 heteroatoms. The van der Waals surface area contributed by atoms with Crippen LogP contribution in [0.3, 0.4) is 0 Å². The molecule has 394 valence electrons. The number of benzene rings is 3. The first-order valence-corrected chi connectivity index (χ1v) is 28.4. The first kappa shape index (κ1) is 56.7. The minimum Gasteiger partial charge on any atom is -0.491 e. The largest absolute Gasteiger partial charge is 0.491 e. The van der Waals surface area contributed by atoms with Crippen LogP contribution in [0.1, 0.15) is 158 Å². The van der Waals surface area contributed by atoms with E-state index in [0.29, 0.717) is 36.5 Å². The Morgan fingerprint density at radius 1 is 0.457 bits per heavy atom. The van der Waals surface area contributed by atoms with Gasteiger partial charge in [0.05, 0.1) is 66.1 Å². The van der Waals surface area contributed by atoms with Crippen LogP contribution < -0.4 is 42.6 Å². The highest BCUT2D eigenvalue weighted by Crippen LogP contribution is 2.82. The number of carbonyl (C=O) groups is 1. The summed E-state index contributed by atoms with van der Waals surface area (Å²) in [5.41, 5.74) is -1.88. The van der Waals surface area contributed by atoms with Gasteiger partial charge >= 0.3 is 0 Å². The van der Waals surface area contributed by atoms with E-state index in [1.54, 1.807) is 36.4 Å². The third-order valence-corrected chi connectivity index (χ3v) is 17.3. The minimum atomic E-state index is -4.88. The van der Waals surface area contributed by atoms with E-state index >= 15 is 8.42 Å². The van der Waals surface area contributed by atoms with Crippen molar-refractivity contribution in [3.05, 3.63) is 36.4 Å². The first-order chi connectivity index (χ1) is 32.4. The normalized spacial score (nSPS) is 18.4. The Hall–Kier alpha value is -4.21. The van der Waals surface area contributed by atoms with Crippen molar-refractivity contribution >= 4 is 26.2 Å². The van der Waals surface area contributed by atoms with Crippen molar-refractivity contribution in [3.8, 4) is 51.7 Å². The summed E-state index contributed by atoms with van der Waals surface area (Å²) in [5.74, 6) is 1.77. The van der Waals surface area contributed by atoms with E-state index < -0.39 is 73.6 Å². The van der Waals surface area contributed by atoms with E-state index in [4.69, 9.17) is 46.3 Å². The summed E-state index contributed by atoms with van der Waals surface area (Å²) in [6.07, 6.45) is -2.23. The molecule has 70 heavy (non-hydrogen) atoms. The topological polar surface area (TPSA) is 144 Å². The van der Waals surface area contributed by atoms with Crippen LogP contribution in [0.5, 0.6) is 51.7 Å². The van der Waals surface area contributed by atoms with E-state index in [1.807, 2.05) is 138 Å². The quantitative estimate of drug-likeness (QED) is 0.0795. The van der Waals surface area contributed by atoms with Gasteiger partial charge in [0, 0.05) is 42.8 Å². The summed E-state index contributed by atoms with van der Waals surface area (Å²) in [6, 6.07) is 10.5. The lowest BCUT2D eigenvalue weighted by Crippen LogP contribution is -2.42. The monoisotopic (exact) mass is 1020 g/mol. The Kier molecular flexibility index (Phi) is 18.0. The molecular formula is C55H84O13S2. The SMILES string of the molecule is CC(C)Oc1cc(OC(C)C)c(S(OS(=O)(=O)CC23CCC(CC2=O)C3(C)C)(c2c(OC(C)C)cc(OC(C)C)cc2OC(C)C)c2c(OC(C)C)cc(OC(C)C)cc2OC(C)C)c(OC(C)C)c1. The van der Waals surface area contributed by atoms with Crippen LogP contribution in [0.25, 0.3) is 0 Å². The number of ketones is 1. The van der Waals surface area contributed by atoms with Crippen molar-refractivity contribution in [2.75, 3.05) is 5.75 Å². The summed E-state index contributed by atoms with van der Waals surface area (Å²) in [6.45, 7) is 38.2. The molecule has 5 rings (SSSR count). The highest BCUT2D eigenvalue weighted by Gasteiger charge is 2.66. The zero-order chi connectivity index (χ0) is 52.4. The Labute approximate surface area is 421 Å². The predicted molar refractivity (Wildman–Crippen MR) is 277 cm³/mol. The van der Waals surface area contributed by atoms with Crippen molar-refractivity contribution in [2.24, 2.45) is 16.7 Å². The number of hydrogen-bond acceptors (Lipinski definition) is 13. The van der Waals surface area contributed by atoms with Gasteiger partial charge in [0.15, 0.2) is 0 Å². The average molecular weight is 1020 g/mol. The molecule has 0 saturated heterocycles. The zero-order valence-electron chi connectivity index (χ0n) is 45.7. The van der Waals surface area contributed by atoms with Crippen LogP contribution >= 0.6 is 10.3 Å². The second kappa shape index (κ2) is 22.3. The van der Waals surface area contributed by atoms with Crippen molar-refractivity contribution in [3.63, 3.8) is 0 Å². The first-order valence-electron chi connectivity index (χ1n) is 25.3. The molecule has 2 bridgehead atoms. The number of hydrogen-bond donors (Lipinski definition) is 0. The van der Waals surface area contributed by atoms with Gasteiger partial charge in [0.25, 0.3) is 10.1 Å². The van der Waals surface area contributed by atoms with E-state index in [2.05, 4.69) is 0 Å². The molecule has 2 fully saturated rings. The van der Waals surface area contributed by atoms with Crippen LogP contribution in [-0.2, 0) is 18.5 Å². The van der Waals surface area contributed by atoms with Crippen LogP contribution in [-0.4, -0.2) is 74.9 Å².